The molecule has 0 bridgehead atoms. The van der Waals surface area contributed by atoms with Crippen LogP contribution in [0, 0.1) is 11.3 Å². The second-order valence-corrected chi connectivity index (χ2v) is 5.59. The molecule has 0 spiro atoms. The van der Waals surface area contributed by atoms with Gasteiger partial charge in [-0.1, -0.05) is 64.5 Å². The maximum atomic E-state index is 9.54. The average Bonchev–Trinajstić information content (AvgIpc) is 2.46. The van der Waals surface area contributed by atoms with Gasteiger partial charge in [-0.15, -0.1) is 0 Å². The highest BCUT2D eigenvalue weighted by atomic mass is 79.9. The number of nitriles is 1. The monoisotopic (exact) mass is 309 g/mol. The van der Waals surface area contributed by atoms with Crippen molar-refractivity contribution in [3.63, 3.8) is 0 Å². The van der Waals surface area contributed by atoms with E-state index in [2.05, 4.69) is 52.4 Å². The second kappa shape index (κ2) is 5.03. The van der Waals surface area contributed by atoms with Crippen LogP contribution in [-0.4, -0.2) is 0 Å². The second-order valence-electron chi connectivity index (χ2n) is 4.68. The van der Waals surface area contributed by atoms with E-state index in [1.165, 1.54) is 5.56 Å². The lowest BCUT2D eigenvalue weighted by molar-refractivity contribution is 0.741. The summed E-state index contributed by atoms with van der Waals surface area (Å²) in [4.78, 5) is 0. The fourth-order valence-corrected chi connectivity index (χ4v) is 2.99. The predicted octanol–water partition coefficient (Wildman–Crippen LogP) is 4.87. The van der Waals surface area contributed by atoms with E-state index in [1.807, 2.05) is 30.3 Å². The van der Waals surface area contributed by atoms with Crippen molar-refractivity contribution in [1.29, 1.82) is 5.26 Å². The van der Waals surface area contributed by atoms with E-state index >= 15 is 0 Å². The molecular weight excluding hydrogens is 298 g/mol. The molecule has 2 aromatic carbocycles. The van der Waals surface area contributed by atoms with Crippen LogP contribution in [0.4, 0.5) is 0 Å². The lowest BCUT2D eigenvalue weighted by atomic mass is 9.77. The lowest BCUT2D eigenvalue weighted by Gasteiger charge is -2.25. The van der Waals surface area contributed by atoms with Gasteiger partial charge < -0.3 is 0 Å². The number of benzene rings is 2. The van der Waals surface area contributed by atoms with E-state index in [0.717, 1.165) is 15.6 Å². The fourth-order valence-electron chi connectivity index (χ4n) is 2.61. The summed E-state index contributed by atoms with van der Waals surface area (Å²) in [5.41, 5.74) is 3.44. The summed E-state index contributed by atoms with van der Waals surface area (Å²) >= 11 is 3.48. The zero-order chi connectivity index (χ0) is 13.2. The zero-order valence-corrected chi connectivity index (χ0v) is 11.8. The van der Waals surface area contributed by atoms with Gasteiger partial charge in [-0.05, 0) is 28.8 Å². The Morgan fingerprint density at radius 1 is 1.05 bits per heavy atom. The molecule has 0 saturated carbocycles. The molecule has 19 heavy (non-hydrogen) atoms. The number of halogens is 1. The van der Waals surface area contributed by atoms with E-state index < -0.39 is 0 Å². The van der Waals surface area contributed by atoms with Crippen molar-refractivity contribution in [2.24, 2.45) is 0 Å². The molecule has 0 unspecified atom stereocenters. The number of rotatable bonds is 1. The molecule has 1 aliphatic carbocycles. The summed E-state index contributed by atoms with van der Waals surface area (Å²) in [5, 5.41) is 9.54. The summed E-state index contributed by atoms with van der Waals surface area (Å²) in [5.74, 6) is 0.0235. The van der Waals surface area contributed by atoms with Crippen molar-refractivity contribution in [3.8, 4) is 6.07 Å². The Kier molecular flexibility index (Phi) is 3.23. The molecule has 1 aliphatic rings. The summed E-state index contributed by atoms with van der Waals surface area (Å²) < 4.78 is 1.05. The van der Waals surface area contributed by atoms with Gasteiger partial charge in [0, 0.05) is 10.4 Å². The molecule has 0 saturated heterocycles. The smallest absolute Gasteiger partial charge is 0.0821 e. The Bertz CT molecular complexity index is 667. The molecule has 3 rings (SSSR count). The molecule has 0 heterocycles. The number of fused-ring (bicyclic) bond motifs is 1. The molecular formula is C17H12BrN. The van der Waals surface area contributed by atoms with Gasteiger partial charge in [-0.2, -0.15) is 5.26 Å². The normalized spacial score (nSPS) is 20.6. The third-order valence-corrected chi connectivity index (χ3v) is 4.04. The van der Waals surface area contributed by atoms with Gasteiger partial charge in [0.1, 0.15) is 0 Å². The van der Waals surface area contributed by atoms with Gasteiger partial charge in [0.15, 0.2) is 0 Å². The molecule has 92 valence electrons. The van der Waals surface area contributed by atoms with Crippen LogP contribution in [0.5, 0.6) is 0 Å². The highest BCUT2D eigenvalue weighted by Crippen LogP contribution is 2.40. The standard InChI is InChI=1S/C17H12BrN/c18-14-7-9-16-13(10-14)6-8-15(17(16)11-19)12-4-2-1-3-5-12/h1-10,15,17H/t15-,17-/m0/s1. The highest BCUT2D eigenvalue weighted by molar-refractivity contribution is 9.10. The van der Waals surface area contributed by atoms with Crippen LogP contribution in [0.1, 0.15) is 28.5 Å². The summed E-state index contributed by atoms with van der Waals surface area (Å²) in [6, 6.07) is 18.8. The van der Waals surface area contributed by atoms with Crippen LogP contribution >= 0.6 is 15.9 Å². The first kappa shape index (κ1) is 12.2. The summed E-state index contributed by atoms with van der Waals surface area (Å²) in [7, 11) is 0. The highest BCUT2D eigenvalue weighted by Gasteiger charge is 2.27. The SMILES string of the molecule is N#C[C@@H]1c2ccc(Br)cc2C=C[C@H]1c1ccccc1. The van der Waals surface area contributed by atoms with Gasteiger partial charge in [-0.3, -0.25) is 0 Å². The van der Waals surface area contributed by atoms with E-state index in [4.69, 9.17) is 0 Å². The van der Waals surface area contributed by atoms with Crippen LogP contribution in [0.3, 0.4) is 0 Å². The molecule has 0 fully saturated rings. The van der Waals surface area contributed by atoms with Crippen molar-refractivity contribution >= 4 is 22.0 Å². The van der Waals surface area contributed by atoms with Crippen molar-refractivity contribution in [2.75, 3.05) is 0 Å². The average molecular weight is 310 g/mol. The number of hydrogen-bond donors (Lipinski definition) is 0. The Balaban J connectivity index is 2.09. The molecule has 0 radical (unpaired) electrons. The molecule has 0 N–H and O–H groups in total. The van der Waals surface area contributed by atoms with Crippen molar-refractivity contribution < 1.29 is 0 Å². The molecule has 2 aromatic rings. The van der Waals surface area contributed by atoms with E-state index in [-0.39, 0.29) is 11.8 Å². The largest absolute Gasteiger partial charge is 0.198 e. The lowest BCUT2D eigenvalue weighted by Crippen LogP contribution is -2.12. The molecule has 0 amide bonds. The molecule has 1 nitrogen and oxygen atoms in total. The Morgan fingerprint density at radius 2 is 1.84 bits per heavy atom. The maximum absolute atomic E-state index is 9.54. The number of nitrogens with zero attached hydrogens (tertiary/aromatic N) is 1. The van der Waals surface area contributed by atoms with Crippen LogP contribution in [0.15, 0.2) is 59.1 Å². The van der Waals surface area contributed by atoms with Crippen LogP contribution in [0.2, 0.25) is 0 Å². The van der Waals surface area contributed by atoms with Crippen molar-refractivity contribution in [1.82, 2.24) is 0 Å². The van der Waals surface area contributed by atoms with Gasteiger partial charge in [-0.25, -0.2) is 0 Å². The van der Waals surface area contributed by atoms with Crippen molar-refractivity contribution in [2.45, 2.75) is 11.8 Å². The number of hydrogen-bond acceptors (Lipinski definition) is 1. The van der Waals surface area contributed by atoms with E-state index in [1.54, 1.807) is 0 Å². The first-order valence-electron chi connectivity index (χ1n) is 6.22. The minimum atomic E-state index is -0.115. The van der Waals surface area contributed by atoms with Crippen molar-refractivity contribution in [3.05, 3.63) is 75.8 Å². The van der Waals surface area contributed by atoms with Gasteiger partial charge >= 0.3 is 0 Å². The topological polar surface area (TPSA) is 23.8 Å². The molecule has 0 aliphatic heterocycles. The minimum Gasteiger partial charge on any atom is -0.198 e. The molecule has 0 aromatic heterocycles. The van der Waals surface area contributed by atoms with Gasteiger partial charge in [0.25, 0.3) is 0 Å². The Hall–Kier alpha value is -1.85. The Morgan fingerprint density at radius 3 is 2.58 bits per heavy atom. The summed E-state index contributed by atoms with van der Waals surface area (Å²) in [6.45, 7) is 0. The maximum Gasteiger partial charge on any atom is 0.0821 e. The third kappa shape index (κ3) is 2.22. The minimum absolute atomic E-state index is 0.115. The zero-order valence-electron chi connectivity index (χ0n) is 10.3. The molecule has 2 heteroatoms. The third-order valence-electron chi connectivity index (χ3n) is 3.55. The fraction of sp³-hybridized carbons (Fsp3) is 0.118. The quantitative estimate of drug-likeness (QED) is 0.737. The predicted molar refractivity (Wildman–Crippen MR) is 80.7 cm³/mol. The van der Waals surface area contributed by atoms with Gasteiger partial charge in [0.2, 0.25) is 0 Å². The van der Waals surface area contributed by atoms with Crippen LogP contribution < -0.4 is 0 Å². The number of allylic oxidation sites excluding steroid dienone is 1. The Labute approximate surface area is 121 Å². The molecule has 2 atom stereocenters. The van der Waals surface area contributed by atoms with Gasteiger partial charge in [0.05, 0.1) is 12.0 Å². The van der Waals surface area contributed by atoms with Crippen LogP contribution in [0.25, 0.3) is 6.08 Å². The van der Waals surface area contributed by atoms with E-state index in [0.29, 0.717) is 0 Å². The summed E-state index contributed by atoms with van der Waals surface area (Å²) in [6.07, 6.45) is 4.25. The first-order chi connectivity index (χ1) is 9.29. The first-order valence-corrected chi connectivity index (χ1v) is 7.01. The van der Waals surface area contributed by atoms with E-state index in [9.17, 15) is 5.26 Å². The van der Waals surface area contributed by atoms with Crippen LogP contribution in [-0.2, 0) is 0 Å².